The molecule has 0 aliphatic heterocycles. The average Bonchev–Trinajstić information content (AvgIpc) is 2.60. The van der Waals surface area contributed by atoms with Crippen molar-refractivity contribution < 1.29 is 22.7 Å². The molecule has 140 valence electrons. The number of alkyl halides is 3. The fourth-order valence-corrected chi connectivity index (χ4v) is 2.63. The largest absolute Gasteiger partial charge is 0.489 e. The third kappa shape index (κ3) is 5.17. The highest BCUT2D eigenvalue weighted by molar-refractivity contribution is 8.13. The average molecular weight is 383 g/mol. The van der Waals surface area contributed by atoms with Crippen LogP contribution in [-0.4, -0.2) is 11.5 Å². The number of hydrogen-bond donors (Lipinski definition) is 1. The van der Waals surface area contributed by atoms with Gasteiger partial charge in [0.15, 0.2) is 0 Å². The number of nitrogens with one attached hydrogen (secondary N) is 1. The van der Waals surface area contributed by atoms with Gasteiger partial charge in [0, 0.05) is 11.3 Å². The van der Waals surface area contributed by atoms with Crippen LogP contribution in [0.15, 0.2) is 36.4 Å². The molecule has 1 amide bonds. The summed E-state index contributed by atoms with van der Waals surface area (Å²) in [5, 5.41) is 2.23. The van der Waals surface area contributed by atoms with Gasteiger partial charge in [0.1, 0.15) is 12.4 Å². The predicted octanol–water partition coefficient (Wildman–Crippen LogP) is 6.05. The summed E-state index contributed by atoms with van der Waals surface area (Å²) < 4.78 is 44.7. The number of anilines is 1. The van der Waals surface area contributed by atoms with Crippen molar-refractivity contribution in [1.82, 2.24) is 0 Å². The number of benzene rings is 2. The van der Waals surface area contributed by atoms with E-state index in [4.69, 9.17) is 4.74 Å². The molecule has 0 heterocycles. The van der Waals surface area contributed by atoms with Crippen LogP contribution in [0.2, 0.25) is 0 Å². The molecule has 0 aliphatic carbocycles. The van der Waals surface area contributed by atoms with Crippen molar-refractivity contribution in [3.05, 3.63) is 58.7 Å². The van der Waals surface area contributed by atoms with E-state index in [0.717, 1.165) is 41.4 Å². The van der Waals surface area contributed by atoms with Gasteiger partial charge in [-0.1, -0.05) is 30.8 Å². The van der Waals surface area contributed by atoms with Crippen LogP contribution in [0.1, 0.15) is 29.2 Å². The first-order chi connectivity index (χ1) is 12.2. The van der Waals surface area contributed by atoms with Crippen LogP contribution in [0.3, 0.4) is 0 Å². The molecule has 0 unspecified atom stereocenters. The molecule has 7 heteroatoms. The Bertz CT molecular complexity index is 791. The monoisotopic (exact) mass is 383 g/mol. The van der Waals surface area contributed by atoms with Crippen LogP contribution in [0.4, 0.5) is 23.7 Å². The molecule has 0 aromatic heterocycles. The topological polar surface area (TPSA) is 38.3 Å². The zero-order valence-corrected chi connectivity index (χ0v) is 15.6. The lowest BCUT2D eigenvalue weighted by Crippen LogP contribution is -2.11. The van der Waals surface area contributed by atoms with Crippen molar-refractivity contribution in [2.24, 2.45) is 0 Å². The van der Waals surface area contributed by atoms with Crippen molar-refractivity contribution in [3.63, 3.8) is 0 Å². The standard InChI is InChI=1S/C19H20F3NO2S/c1-4-13-5-8-17(12(2)9-13)25-11-14-10-15(19(20,21)22)6-7-16(14)23-18(24)26-3/h5-10H,4,11H2,1-3H3,(H,23,24). The van der Waals surface area contributed by atoms with E-state index in [9.17, 15) is 18.0 Å². The Balaban J connectivity index is 2.28. The number of aryl methyl sites for hydroxylation is 2. The van der Waals surface area contributed by atoms with Crippen molar-refractivity contribution in [3.8, 4) is 5.75 Å². The number of carbonyl (C=O) groups is 1. The van der Waals surface area contributed by atoms with Gasteiger partial charge in [-0.15, -0.1) is 0 Å². The number of hydrogen-bond acceptors (Lipinski definition) is 3. The third-order valence-electron chi connectivity index (χ3n) is 3.89. The van der Waals surface area contributed by atoms with Crippen molar-refractivity contribution >= 4 is 22.7 Å². The molecular formula is C19H20F3NO2S. The molecule has 0 radical (unpaired) electrons. The summed E-state index contributed by atoms with van der Waals surface area (Å²) >= 11 is 0.946. The maximum absolute atomic E-state index is 13.0. The molecule has 0 saturated carbocycles. The van der Waals surface area contributed by atoms with Crippen LogP contribution >= 0.6 is 11.8 Å². The Morgan fingerprint density at radius 2 is 1.92 bits per heavy atom. The van der Waals surface area contributed by atoms with Gasteiger partial charge in [-0.05, 0) is 55.0 Å². The van der Waals surface area contributed by atoms with E-state index >= 15 is 0 Å². The zero-order valence-electron chi connectivity index (χ0n) is 14.7. The quantitative estimate of drug-likeness (QED) is 0.683. The normalized spacial score (nSPS) is 11.3. The Labute approximate surface area is 154 Å². The first-order valence-corrected chi connectivity index (χ1v) is 9.24. The number of rotatable bonds is 5. The summed E-state index contributed by atoms with van der Waals surface area (Å²) in [5.74, 6) is 0.599. The third-order valence-corrected chi connectivity index (χ3v) is 4.36. The number of ether oxygens (including phenoxy) is 1. The first-order valence-electron chi connectivity index (χ1n) is 8.02. The zero-order chi connectivity index (χ0) is 19.3. The molecule has 0 saturated heterocycles. The van der Waals surface area contributed by atoms with E-state index in [0.29, 0.717) is 11.4 Å². The highest BCUT2D eigenvalue weighted by Gasteiger charge is 2.31. The Morgan fingerprint density at radius 1 is 1.19 bits per heavy atom. The van der Waals surface area contributed by atoms with Gasteiger partial charge in [-0.25, -0.2) is 0 Å². The van der Waals surface area contributed by atoms with E-state index in [1.165, 1.54) is 6.07 Å². The van der Waals surface area contributed by atoms with E-state index in [1.807, 2.05) is 32.0 Å². The predicted molar refractivity (Wildman–Crippen MR) is 98.9 cm³/mol. The molecule has 1 N–H and O–H groups in total. The van der Waals surface area contributed by atoms with Gasteiger partial charge in [0.05, 0.1) is 5.56 Å². The molecule has 2 rings (SSSR count). The van der Waals surface area contributed by atoms with Gasteiger partial charge in [-0.3, -0.25) is 4.79 Å². The minimum atomic E-state index is -4.46. The van der Waals surface area contributed by atoms with Crippen LogP contribution in [-0.2, 0) is 19.2 Å². The summed E-state index contributed by atoms with van der Waals surface area (Å²) in [7, 11) is 0. The second-order valence-electron chi connectivity index (χ2n) is 5.73. The van der Waals surface area contributed by atoms with Crippen LogP contribution in [0.5, 0.6) is 5.75 Å². The molecule has 0 aliphatic rings. The molecule has 26 heavy (non-hydrogen) atoms. The lowest BCUT2D eigenvalue weighted by Gasteiger charge is -2.16. The van der Waals surface area contributed by atoms with Gasteiger partial charge >= 0.3 is 6.18 Å². The van der Waals surface area contributed by atoms with Gasteiger partial charge < -0.3 is 10.1 Å². The Morgan fingerprint density at radius 3 is 2.50 bits per heavy atom. The van der Waals surface area contributed by atoms with Gasteiger partial charge in [0.25, 0.3) is 5.24 Å². The van der Waals surface area contributed by atoms with E-state index in [1.54, 1.807) is 6.26 Å². The van der Waals surface area contributed by atoms with E-state index < -0.39 is 11.7 Å². The smallest absolute Gasteiger partial charge is 0.416 e. The van der Waals surface area contributed by atoms with Gasteiger partial charge in [-0.2, -0.15) is 13.2 Å². The molecule has 3 nitrogen and oxygen atoms in total. The minimum Gasteiger partial charge on any atom is -0.489 e. The van der Waals surface area contributed by atoms with E-state index in [2.05, 4.69) is 5.32 Å². The summed E-state index contributed by atoms with van der Waals surface area (Å²) in [6.07, 6.45) is -1.98. The minimum absolute atomic E-state index is 0.0831. The number of carbonyl (C=O) groups excluding carboxylic acids is 1. The molecule has 0 spiro atoms. The fraction of sp³-hybridized carbons (Fsp3) is 0.316. The number of thioether (sulfide) groups is 1. The lowest BCUT2D eigenvalue weighted by atomic mass is 10.1. The number of halogens is 3. The summed E-state index contributed by atoms with van der Waals surface area (Å²) in [6.45, 7) is 3.84. The highest BCUT2D eigenvalue weighted by Crippen LogP contribution is 2.33. The van der Waals surface area contributed by atoms with Crippen molar-refractivity contribution in [2.45, 2.75) is 33.1 Å². The maximum atomic E-state index is 13.0. The maximum Gasteiger partial charge on any atom is 0.416 e. The van der Waals surface area contributed by atoms with Gasteiger partial charge in [0.2, 0.25) is 0 Å². The second-order valence-corrected chi connectivity index (χ2v) is 6.51. The summed E-state index contributed by atoms with van der Waals surface area (Å²) in [5.41, 5.74) is 1.85. The molecule has 0 bridgehead atoms. The molecule has 0 atom stereocenters. The SMILES string of the molecule is CCc1ccc(OCc2cc(C(F)(F)F)ccc2NC(=O)SC)c(C)c1. The van der Waals surface area contributed by atoms with Crippen molar-refractivity contribution in [1.29, 1.82) is 0 Å². The Hall–Kier alpha value is -2.15. The first kappa shape index (κ1) is 20.2. The molecule has 2 aromatic carbocycles. The van der Waals surface area contributed by atoms with Crippen LogP contribution in [0.25, 0.3) is 0 Å². The fourth-order valence-electron chi connectivity index (χ4n) is 2.42. The van der Waals surface area contributed by atoms with Crippen molar-refractivity contribution in [2.75, 3.05) is 11.6 Å². The Kier molecular flexibility index (Phi) is 6.58. The summed E-state index contributed by atoms with van der Waals surface area (Å²) in [4.78, 5) is 11.6. The molecular weight excluding hydrogens is 363 g/mol. The van der Waals surface area contributed by atoms with Crippen LogP contribution in [0, 0.1) is 6.92 Å². The van der Waals surface area contributed by atoms with E-state index in [-0.39, 0.29) is 17.4 Å². The number of amides is 1. The molecule has 0 fully saturated rings. The van der Waals surface area contributed by atoms with Crippen LogP contribution < -0.4 is 10.1 Å². The molecule has 2 aromatic rings. The lowest BCUT2D eigenvalue weighted by molar-refractivity contribution is -0.137. The second kappa shape index (κ2) is 8.49. The highest BCUT2D eigenvalue weighted by atomic mass is 32.2. The summed E-state index contributed by atoms with van der Waals surface area (Å²) in [6, 6.07) is 8.92.